The number of aliphatic carboxylic acids is 1. The van der Waals surface area contributed by atoms with Crippen molar-refractivity contribution in [3.05, 3.63) is 35.7 Å². The fraction of sp³-hybridized carbons (Fsp3) is 0.182. The maximum atomic E-state index is 13.2. The van der Waals surface area contributed by atoms with Gasteiger partial charge in [0, 0.05) is 5.56 Å². The standard InChI is InChI=1S/C11H8F4O3/c12-9-5-4-8(18-11(13,14)15)6-7(9)2-1-3-10(16)17/h1-2,4-6H,3H2,(H,16,17). The number of halogens is 4. The molecule has 0 spiro atoms. The van der Waals surface area contributed by atoms with E-state index in [1.807, 2.05) is 0 Å². The van der Waals surface area contributed by atoms with Crippen molar-refractivity contribution in [2.45, 2.75) is 12.8 Å². The van der Waals surface area contributed by atoms with Crippen molar-refractivity contribution in [3.63, 3.8) is 0 Å². The molecule has 0 aliphatic heterocycles. The molecule has 1 aromatic carbocycles. The van der Waals surface area contributed by atoms with Crippen molar-refractivity contribution in [3.8, 4) is 5.75 Å². The fourth-order valence-corrected chi connectivity index (χ4v) is 1.13. The first-order valence-electron chi connectivity index (χ1n) is 4.71. The summed E-state index contributed by atoms with van der Waals surface area (Å²) in [5, 5.41) is 8.35. The second kappa shape index (κ2) is 5.52. The third-order valence-corrected chi connectivity index (χ3v) is 1.79. The molecule has 98 valence electrons. The lowest BCUT2D eigenvalue weighted by atomic mass is 10.1. The predicted molar refractivity (Wildman–Crippen MR) is 54.4 cm³/mol. The van der Waals surface area contributed by atoms with Gasteiger partial charge >= 0.3 is 12.3 Å². The molecule has 0 fully saturated rings. The Morgan fingerprint density at radius 3 is 2.61 bits per heavy atom. The highest BCUT2D eigenvalue weighted by Crippen LogP contribution is 2.25. The average Bonchev–Trinajstić information content (AvgIpc) is 2.20. The average molecular weight is 264 g/mol. The molecular weight excluding hydrogens is 256 g/mol. The molecule has 0 atom stereocenters. The Morgan fingerprint density at radius 1 is 1.39 bits per heavy atom. The smallest absolute Gasteiger partial charge is 0.481 e. The fourth-order valence-electron chi connectivity index (χ4n) is 1.13. The number of carboxylic acids is 1. The first-order valence-corrected chi connectivity index (χ1v) is 4.71. The van der Waals surface area contributed by atoms with Gasteiger partial charge in [0.2, 0.25) is 0 Å². The van der Waals surface area contributed by atoms with Gasteiger partial charge in [-0.2, -0.15) is 0 Å². The van der Waals surface area contributed by atoms with E-state index in [1.165, 1.54) is 0 Å². The molecule has 18 heavy (non-hydrogen) atoms. The minimum Gasteiger partial charge on any atom is -0.481 e. The summed E-state index contributed by atoms with van der Waals surface area (Å²) in [5.41, 5.74) is -0.182. The molecule has 0 aromatic heterocycles. The molecular formula is C11H8F4O3. The minimum atomic E-state index is -4.86. The van der Waals surface area contributed by atoms with Crippen LogP contribution in [0, 0.1) is 5.82 Å². The van der Waals surface area contributed by atoms with Crippen molar-refractivity contribution in [2.24, 2.45) is 0 Å². The lowest BCUT2D eigenvalue weighted by molar-refractivity contribution is -0.274. The van der Waals surface area contributed by atoms with E-state index < -0.39 is 23.9 Å². The molecule has 0 radical (unpaired) electrons. The number of carbonyl (C=O) groups is 1. The molecule has 0 saturated carbocycles. The van der Waals surface area contributed by atoms with Gasteiger partial charge in [0.25, 0.3) is 0 Å². The molecule has 1 N–H and O–H groups in total. The van der Waals surface area contributed by atoms with Crippen LogP contribution in [0.3, 0.4) is 0 Å². The Labute approximate surface area is 99.3 Å². The van der Waals surface area contributed by atoms with Gasteiger partial charge in [0.15, 0.2) is 0 Å². The number of alkyl halides is 3. The molecule has 7 heteroatoms. The summed E-state index contributed by atoms with van der Waals surface area (Å²) >= 11 is 0. The van der Waals surface area contributed by atoms with E-state index in [1.54, 1.807) is 0 Å². The summed E-state index contributed by atoms with van der Waals surface area (Å²) in [7, 11) is 0. The second-order valence-electron chi connectivity index (χ2n) is 3.23. The van der Waals surface area contributed by atoms with Crippen molar-refractivity contribution in [1.29, 1.82) is 0 Å². The predicted octanol–water partition coefficient (Wildman–Crippen LogP) is 3.21. The van der Waals surface area contributed by atoms with Gasteiger partial charge in [-0.15, -0.1) is 13.2 Å². The van der Waals surface area contributed by atoms with E-state index in [-0.39, 0.29) is 12.0 Å². The summed E-state index contributed by atoms with van der Waals surface area (Å²) in [5.74, 6) is -2.47. The first-order chi connectivity index (χ1) is 8.28. The van der Waals surface area contributed by atoms with Gasteiger partial charge in [0.05, 0.1) is 6.42 Å². The van der Waals surface area contributed by atoms with Crippen molar-refractivity contribution < 1.29 is 32.2 Å². The van der Waals surface area contributed by atoms with Crippen LogP contribution in [0.1, 0.15) is 12.0 Å². The van der Waals surface area contributed by atoms with Gasteiger partial charge < -0.3 is 9.84 Å². The molecule has 0 saturated heterocycles. The number of benzene rings is 1. The van der Waals surface area contributed by atoms with Crippen LogP contribution < -0.4 is 4.74 Å². The Hall–Kier alpha value is -2.05. The number of carboxylic acid groups (broad SMARTS) is 1. The number of hydrogen-bond donors (Lipinski definition) is 1. The number of hydrogen-bond acceptors (Lipinski definition) is 2. The zero-order valence-electron chi connectivity index (χ0n) is 8.87. The zero-order chi connectivity index (χ0) is 13.8. The van der Waals surface area contributed by atoms with Crippen molar-refractivity contribution in [2.75, 3.05) is 0 Å². The Balaban J connectivity index is 2.88. The van der Waals surface area contributed by atoms with Crippen LogP contribution in [0.2, 0.25) is 0 Å². The van der Waals surface area contributed by atoms with Gasteiger partial charge in [0.1, 0.15) is 11.6 Å². The van der Waals surface area contributed by atoms with Crippen molar-refractivity contribution in [1.82, 2.24) is 0 Å². The highest BCUT2D eigenvalue weighted by Gasteiger charge is 2.31. The molecule has 1 aromatic rings. The summed E-state index contributed by atoms with van der Waals surface area (Å²) < 4.78 is 52.6. The molecule has 0 aliphatic carbocycles. The summed E-state index contributed by atoms with van der Waals surface area (Å²) in [6.07, 6.45) is -3.02. The van der Waals surface area contributed by atoms with E-state index in [9.17, 15) is 22.4 Å². The van der Waals surface area contributed by atoms with E-state index in [2.05, 4.69) is 4.74 Å². The lowest BCUT2D eigenvalue weighted by Gasteiger charge is -2.09. The normalized spacial score (nSPS) is 11.8. The minimum absolute atomic E-state index is 0.182. The first kappa shape index (κ1) is 14.0. The van der Waals surface area contributed by atoms with Crippen molar-refractivity contribution >= 4 is 12.0 Å². The van der Waals surface area contributed by atoms with E-state index in [0.717, 1.165) is 30.4 Å². The zero-order valence-corrected chi connectivity index (χ0v) is 8.87. The third kappa shape index (κ3) is 4.86. The molecule has 3 nitrogen and oxygen atoms in total. The topological polar surface area (TPSA) is 46.5 Å². The molecule has 0 unspecified atom stereocenters. The maximum absolute atomic E-state index is 13.2. The van der Waals surface area contributed by atoms with Crippen LogP contribution in [0.5, 0.6) is 5.75 Å². The van der Waals surface area contributed by atoms with Gasteiger partial charge in [-0.1, -0.05) is 12.2 Å². The summed E-state index contributed by atoms with van der Waals surface area (Å²) in [6, 6.07) is 2.47. The van der Waals surface area contributed by atoms with Gasteiger partial charge in [-0.3, -0.25) is 4.79 Å². The molecule has 0 aliphatic rings. The Bertz CT molecular complexity index is 466. The van der Waals surface area contributed by atoms with Gasteiger partial charge in [-0.25, -0.2) is 4.39 Å². The van der Waals surface area contributed by atoms with Crippen LogP contribution >= 0.6 is 0 Å². The Kier molecular flexibility index (Phi) is 4.30. The van der Waals surface area contributed by atoms with Crippen LogP contribution in [0.4, 0.5) is 17.6 Å². The monoisotopic (exact) mass is 264 g/mol. The summed E-state index contributed by atoms with van der Waals surface area (Å²) in [6.45, 7) is 0. The van der Waals surface area contributed by atoms with E-state index >= 15 is 0 Å². The Morgan fingerprint density at radius 2 is 2.06 bits per heavy atom. The number of rotatable bonds is 4. The quantitative estimate of drug-likeness (QED) is 0.849. The van der Waals surface area contributed by atoms with Gasteiger partial charge in [-0.05, 0) is 18.2 Å². The lowest BCUT2D eigenvalue weighted by Crippen LogP contribution is -2.17. The SMILES string of the molecule is O=C(O)CC=Cc1cc(OC(F)(F)F)ccc1F. The largest absolute Gasteiger partial charge is 0.573 e. The molecule has 0 amide bonds. The summed E-state index contributed by atoms with van der Waals surface area (Å²) in [4.78, 5) is 10.2. The molecule has 0 heterocycles. The maximum Gasteiger partial charge on any atom is 0.573 e. The van der Waals surface area contributed by atoms with Crippen LogP contribution in [-0.4, -0.2) is 17.4 Å². The highest BCUT2D eigenvalue weighted by molar-refractivity contribution is 5.70. The van der Waals surface area contributed by atoms with Crippen LogP contribution in [-0.2, 0) is 4.79 Å². The highest BCUT2D eigenvalue weighted by atomic mass is 19.4. The molecule has 0 bridgehead atoms. The van der Waals surface area contributed by atoms with Crippen LogP contribution in [0.25, 0.3) is 6.08 Å². The van der Waals surface area contributed by atoms with Crippen LogP contribution in [0.15, 0.2) is 24.3 Å². The van der Waals surface area contributed by atoms with E-state index in [0.29, 0.717) is 0 Å². The molecule has 1 rings (SSSR count). The second-order valence-corrected chi connectivity index (χ2v) is 3.23. The third-order valence-electron chi connectivity index (χ3n) is 1.79. The number of ether oxygens (including phenoxy) is 1. The van der Waals surface area contributed by atoms with E-state index in [4.69, 9.17) is 5.11 Å².